The Labute approximate surface area is 181 Å². The van der Waals surface area contributed by atoms with Gasteiger partial charge in [-0.1, -0.05) is 0 Å². The van der Waals surface area contributed by atoms with Gasteiger partial charge in [0.1, 0.15) is 11.5 Å². The van der Waals surface area contributed by atoms with Crippen molar-refractivity contribution in [2.45, 2.75) is 26.7 Å². The standard InChI is InChI=1S/C22H32N4OS2/c1-15-13-17(5-9-25-11-7-23)21(28-15)19-3-4-20(27-19)22-18(14-16(2)29-22)6-10-26-12-8-24/h3-4,13-14,25-26H,5-12,23-24H2,1-2H3. The van der Waals surface area contributed by atoms with E-state index in [4.69, 9.17) is 15.9 Å². The molecule has 0 unspecified atom stereocenters. The van der Waals surface area contributed by atoms with Gasteiger partial charge in [-0.2, -0.15) is 0 Å². The van der Waals surface area contributed by atoms with E-state index in [0.29, 0.717) is 13.1 Å². The Hall–Kier alpha value is -1.48. The van der Waals surface area contributed by atoms with Crippen molar-refractivity contribution in [1.82, 2.24) is 10.6 Å². The Bertz CT molecular complexity index is 826. The van der Waals surface area contributed by atoms with E-state index in [1.807, 2.05) is 0 Å². The van der Waals surface area contributed by atoms with Crippen LogP contribution in [-0.4, -0.2) is 39.3 Å². The van der Waals surface area contributed by atoms with Crippen molar-refractivity contribution >= 4 is 22.7 Å². The monoisotopic (exact) mass is 432 g/mol. The second kappa shape index (κ2) is 11.1. The van der Waals surface area contributed by atoms with Crippen molar-refractivity contribution in [2.24, 2.45) is 11.5 Å². The number of nitrogens with two attached hydrogens (primary N) is 2. The molecule has 0 bridgehead atoms. The third-order valence-corrected chi connectivity index (χ3v) is 6.92. The molecule has 0 aliphatic heterocycles. The highest BCUT2D eigenvalue weighted by Gasteiger charge is 2.17. The van der Waals surface area contributed by atoms with Gasteiger partial charge >= 0.3 is 0 Å². The summed E-state index contributed by atoms with van der Waals surface area (Å²) in [4.78, 5) is 5.10. The number of thiophene rings is 2. The minimum absolute atomic E-state index is 0.668. The van der Waals surface area contributed by atoms with Crippen LogP contribution in [0, 0.1) is 13.8 Å². The van der Waals surface area contributed by atoms with Crippen LogP contribution in [0.25, 0.3) is 21.3 Å². The van der Waals surface area contributed by atoms with Gasteiger partial charge < -0.3 is 26.5 Å². The molecule has 0 radical (unpaired) electrons. The first kappa shape index (κ1) is 22.2. The molecule has 0 fully saturated rings. The lowest BCUT2D eigenvalue weighted by Gasteiger charge is -2.04. The van der Waals surface area contributed by atoms with E-state index in [1.165, 1.54) is 30.6 Å². The molecule has 3 heterocycles. The zero-order valence-electron chi connectivity index (χ0n) is 17.3. The third-order valence-electron chi connectivity index (χ3n) is 4.70. The molecular formula is C22H32N4OS2. The Balaban J connectivity index is 1.76. The zero-order valence-corrected chi connectivity index (χ0v) is 19.0. The normalized spacial score (nSPS) is 11.4. The summed E-state index contributed by atoms with van der Waals surface area (Å²) in [5.41, 5.74) is 13.8. The van der Waals surface area contributed by atoms with Gasteiger partial charge in [-0.05, 0) is 75.2 Å². The topological polar surface area (TPSA) is 89.2 Å². The van der Waals surface area contributed by atoms with Gasteiger partial charge in [0.25, 0.3) is 0 Å². The summed E-state index contributed by atoms with van der Waals surface area (Å²) in [5, 5.41) is 6.76. The van der Waals surface area contributed by atoms with E-state index in [2.05, 4.69) is 48.7 Å². The van der Waals surface area contributed by atoms with Crippen LogP contribution in [0.3, 0.4) is 0 Å². The molecule has 3 rings (SSSR count). The molecule has 3 aromatic rings. The molecular weight excluding hydrogens is 400 g/mol. The first-order chi connectivity index (χ1) is 14.1. The van der Waals surface area contributed by atoms with Crippen LogP contribution in [0.2, 0.25) is 0 Å². The summed E-state index contributed by atoms with van der Waals surface area (Å²) >= 11 is 3.61. The van der Waals surface area contributed by atoms with Crippen LogP contribution in [0.5, 0.6) is 0 Å². The number of hydrogen-bond acceptors (Lipinski definition) is 7. The lowest BCUT2D eigenvalue weighted by Crippen LogP contribution is -2.24. The molecule has 0 amide bonds. The van der Waals surface area contributed by atoms with Crippen LogP contribution in [-0.2, 0) is 12.8 Å². The molecule has 3 aromatic heterocycles. The zero-order chi connectivity index (χ0) is 20.6. The van der Waals surface area contributed by atoms with Crippen molar-refractivity contribution in [2.75, 3.05) is 39.3 Å². The largest absolute Gasteiger partial charge is 0.454 e. The fourth-order valence-corrected chi connectivity index (χ4v) is 5.46. The summed E-state index contributed by atoms with van der Waals surface area (Å²) in [6.07, 6.45) is 1.96. The lowest BCUT2D eigenvalue weighted by atomic mass is 10.1. The molecule has 0 atom stereocenters. The number of hydrogen-bond donors (Lipinski definition) is 4. The second-order valence-corrected chi connectivity index (χ2v) is 9.68. The lowest BCUT2D eigenvalue weighted by molar-refractivity contribution is 0.598. The maximum Gasteiger partial charge on any atom is 0.145 e. The molecule has 0 saturated carbocycles. The molecule has 7 heteroatoms. The molecule has 158 valence electrons. The average molecular weight is 433 g/mol. The van der Waals surface area contributed by atoms with Crippen LogP contribution < -0.4 is 22.1 Å². The first-order valence-electron chi connectivity index (χ1n) is 10.2. The van der Waals surface area contributed by atoms with Crippen LogP contribution in [0.15, 0.2) is 28.7 Å². The molecule has 0 aliphatic carbocycles. The molecule has 0 saturated heterocycles. The van der Waals surface area contributed by atoms with Gasteiger partial charge in [0, 0.05) is 35.9 Å². The van der Waals surface area contributed by atoms with Crippen molar-refractivity contribution in [1.29, 1.82) is 0 Å². The van der Waals surface area contributed by atoms with Gasteiger partial charge in [0.15, 0.2) is 0 Å². The predicted molar refractivity (Wildman–Crippen MR) is 126 cm³/mol. The van der Waals surface area contributed by atoms with E-state index < -0.39 is 0 Å². The van der Waals surface area contributed by atoms with Gasteiger partial charge in [-0.15, -0.1) is 22.7 Å². The van der Waals surface area contributed by atoms with Gasteiger partial charge in [0.05, 0.1) is 9.75 Å². The summed E-state index contributed by atoms with van der Waals surface area (Å²) in [7, 11) is 0. The Morgan fingerprint density at radius 3 is 1.62 bits per heavy atom. The van der Waals surface area contributed by atoms with E-state index >= 15 is 0 Å². The fourth-order valence-electron chi connectivity index (χ4n) is 3.40. The average Bonchev–Trinajstić information content (AvgIpc) is 3.40. The minimum Gasteiger partial charge on any atom is -0.454 e. The van der Waals surface area contributed by atoms with Gasteiger partial charge in [-0.25, -0.2) is 0 Å². The third kappa shape index (κ3) is 6.01. The number of aryl methyl sites for hydroxylation is 2. The molecule has 0 spiro atoms. The number of rotatable bonds is 12. The number of furan rings is 1. The maximum absolute atomic E-state index is 6.36. The highest BCUT2D eigenvalue weighted by atomic mass is 32.1. The Kier molecular flexibility index (Phi) is 8.47. The van der Waals surface area contributed by atoms with Crippen molar-refractivity contribution < 1.29 is 4.42 Å². The van der Waals surface area contributed by atoms with Gasteiger partial charge in [-0.3, -0.25) is 0 Å². The molecule has 5 nitrogen and oxygen atoms in total. The molecule has 0 aliphatic rings. The van der Waals surface area contributed by atoms with E-state index in [-0.39, 0.29) is 0 Å². The molecule has 6 N–H and O–H groups in total. The number of nitrogens with one attached hydrogen (secondary N) is 2. The van der Waals surface area contributed by atoms with E-state index in [9.17, 15) is 0 Å². The first-order valence-corrected chi connectivity index (χ1v) is 11.9. The summed E-state index contributed by atoms with van der Waals surface area (Å²) in [5.74, 6) is 1.93. The van der Waals surface area contributed by atoms with E-state index in [1.54, 1.807) is 22.7 Å². The van der Waals surface area contributed by atoms with Crippen molar-refractivity contribution in [3.63, 3.8) is 0 Å². The SMILES string of the molecule is Cc1cc(CCNCCN)c(-c2ccc(-c3sc(C)cc3CCNCCN)o2)s1. The smallest absolute Gasteiger partial charge is 0.145 e. The molecule has 29 heavy (non-hydrogen) atoms. The second-order valence-electron chi connectivity index (χ2n) is 7.16. The van der Waals surface area contributed by atoms with Crippen LogP contribution in [0.4, 0.5) is 0 Å². The van der Waals surface area contributed by atoms with Crippen LogP contribution in [0.1, 0.15) is 20.9 Å². The summed E-state index contributed by atoms with van der Waals surface area (Å²) in [6.45, 7) is 9.21. The highest BCUT2D eigenvalue weighted by Crippen LogP contribution is 2.39. The Morgan fingerprint density at radius 2 is 1.21 bits per heavy atom. The summed E-state index contributed by atoms with van der Waals surface area (Å²) in [6, 6.07) is 8.78. The Morgan fingerprint density at radius 1 is 0.759 bits per heavy atom. The maximum atomic E-state index is 6.36. The van der Waals surface area contributed by atoms with Crippen molar-refractivity contribution in [3.8, 4) is 21.3 Å². The van der Waals surface area contributed by atoms with Gasteiger partial charge in [0.2, 0.25) is 0 Å². The summed E-state index contributed by atoms with van der Waals surface area (Å²) < 4.78 is 6.36. The fraction of sp³-hybridized carbons (Fsp3) is 0.455. The highest BCUT2D eigenvalue weighted by molar-refractivity contribution is 7.16. The predicted octanol–water partition coefficient (Wildman–Crippen LogP) is 3.54. The van der Waals surface area contributed by atoms with E-state index in [0.717, 1.165) is 50.5 Å². The van der Waals surface area contributed by atoms with Crippen molar-refractivity contribution in [3.05, 3.63) is 45.1 Å². The van der Waals surface area contributed by atoms with Crippen LogP contribution >= 0.6 is 22.7 Å². The molecule has 0 aromatic carbocycles. The minimum atomic E-state index is 0.668. The quantitative estimate of drug-likeness (QED) is 0.329.